The molecule has 0 aromatic carbocycles. The van der Waals surface area contributed by atoms with Crippen molar-refractivity contribution in [2.75, 3.05) is 93.6 Å². The zero-order valence-electron chi connectivity index (χ0n) is 52.0. The molecule has 32 nitrogen and oxygen atoms in total. The average molecular weight is 1570 g/mol. The van der Waals surface area contributed by atoms with Crippen molar-refractivity contribution >= 4 is 112 Å². The topological polar surface area (TPSA) is 415 Å². The van der Waals surface area contributed by atoms with Crippen molar-refractivity contribution in [3.8, 4) is 12.1 Å². The van der Waals surface area contributed by atoms with Crippen LogP contribution in [0.25, 0.3) is 16.6 Å². The predicted molar refractivity (Wildman–Crippen MR) is 379 cm³/mol. The number of nitrogen functional groups attached to an aromatic ring is 3. The number of piperazine rings is 2. The summed E-state index contributed by atoms with van der Waals surface area (Å²) in [5.41, 5.74) is 29.5. The molecule has 11 N–H and O–H groups in total. The number of rotatable bonds is 13. The van der Waals surface area contributed by atoms with Crippen LogP contribution in [0.1, 0.15) is 116 Å². The number of hydrogen-bond donors (Lipinski definition) is 8. The van der Waals surface area contributed by atoms with E-state index in [1.165, 1.54) is 40.6 Å². The Morgan fingerprint density at radius 1 is 0.653 bits per heavy atom. The number of nitrogens with one attached hydrogen (secondary N) is 4. The molecule has 10 rings (SSSR count). The number of carbonyl (C=O) groups excluding carboxylic acids is 4. The van der Waals surface area contributed by atoms with Gasteiger partial charge in [-0.3, -0.25) is 19.4 Å². The van der Waals surface area contributed by atoms with Gasteiger partial charge in [0.1, 0.15) is 70.3 Å². The maximum Gasteiger partial charge on any atom is 0.426 e. The minimum atomic E-state index is -0.658. The van der Waals surface area contributed by atoms with Crippen molar-refractivity contribution in [2.24, 2.45) is 0 Å². The predicted octanol–water partition coefficient (Wildman–Crippen LogP) is 7.53. The van der Waals surface area contributed by atoms with E-state index in [4.69, 9.17) is 56.5 Å². The molecule has 0 spiro atoms. The van der Waals surface area contributed by atoms with E-state index in [9.17, 15) is 19.2 Å². The Kier molecular flexibility index (Phi) is 35.9. The average Bonchev–Trinajstić information content (AvgIpc) is 1.66. The molecule has 8 aromatic rings. The number of methoxy groups -OCH3 is 3. The number of nitrogens with zero attached hydrogens (tertiary/aromatic N) is 15. The molecule has 0 saturated carbocycles. The molecule has 8 aromatic heterocycles. The molecule has 522 valence electrons. The first-order chi connectivity index (χ1) is 43.3. The van der Waals surface area contributed by atoms with E-state index in [1.807, 2.05) is 35.4 Å². The molecule has 10 heterocycles. The maximum absolute atomic E-state index is 11.6. The molecule has 95 heavy (non-hydrogen) atoms. The number of ether oxygens (including phenoxy) is 5. The lowest BCUT2D eigenvalue weighted by Gasteiger charge is -2.26. The molecule has 0 unspecified atom stereocenters. The van der Waals surface area contributed by atoms with E-state index in [1.54, 1.807) is 88.7 Å². The van der Waals surface area contributed by atoms with Crippen LogP contribution < -0.4 is 38.7 Å². The molecule has 2 fully saturated rings. The lowest BCUT2D eigenvalue weighted by molar-refractivity contribution is -0.125. The van der Waals surface area contributed by atoms with Gasteiger partial charge in [0, 0.05) is 94.8 Å². The quantitative estimate of drug-likeness (QED) is 0.0408. The van der Waals surface area contributed by atoms with E-state index >= 15 is 0 Å². The Bertz CT molecular complexity index is 3840. The molecule has 35 heteroatoms. The minimum absolute atomic E-state index is 0. The summed E-state index contributed by atoms with van der Waals surface area (Å²) in [6.07, 6.45) is 7.94. The van der Waals surface area contributed by atoms with E-state index in [2.05, 4.69) is 116 Å². The largest absolute Gasteiger partial charge is 0.443 e. The highest BCUT2D eigenvalue weighted by molar-refractivity contribution is 14.1. The summed E-state index contributed by atoms with van der Waals surface area (Å²) in [5.74, 6) is 1.40. The van der Waals surface area contributed by atoms with Gasteiger partial charge in [-0.1, -0.05) is 52.3 Å². The van der Waals surface area contributed by atoms with Crippen LogP contribution in [-0.4, -0.2) is 169 Å². The molecule has 2 aliphatic heterocycles. The summed E-state index contributed by atoms with van der Waals surface area (Å²) in [6.45, 7) is 16.7. The monoisotopic (exact) mass is 1560 g/mol. The molecule has 0 aliphatic carbocycles. The van der Waals surface area contributed by atoms with E-state index in [0.29, 0.717) is 92.3 Å². The third-order valence-electron chi connectivity index (χ3n) is 12.4. The summed E-state index contributed by atoms with van der Waals surface area (Å²) >= 11 is 8.93. The molecular formula is C60H91Br2IN22O10. The third-order valence-corrected chi connectivity index (χ3v) is 13.6. The number of anilines is 3. The zero-order valence-corrected chi connectivity index (χ0v) is 57.3. The van der Waals surface area contributed by atoms with Crippen LogP contribution in [0.3, 0.4) is 0 Å². The fourth-order valence-electron chi connectivity index (χ4n) is 8.70. The zero-order chi connectivity index (χ0) is 67.2. The van der Waals surface area contributed by atoms with Gasteiger partial charge in [-0.2, -0.15) is 25.8 Å². The Hall–Kier alpha value is -8.27. The van der Waals surface area contributed by atoms with Gasteiger partial charge in [0.2, 0.25) is 11.8 Å². The lowest BCUT2D eigenvalue weighted by Crippen LogP contribution is -2.47. The normalized spacial score (nSPS) is 12.6. The van der Waals surface area contributed by atoms with Gasteiger partial charge in [-0.05, 0) is 114 Å². The highest BCUT2D eigenvalue weighted by Gasteiger charge is 2.26. The molecule has 2 aliphatic rings. The number of aliphatic hydroxyl groups is 1. The number of nitriles is 2. The first kappa shape index (κ1) is 84.7. The summed E-state index contributed by atoms with van der Waals surface area (Å²) in [4.78, 5) is 64.0. The van der Waals surface area contributed by atoms with Crippen LogP contribution in [0.4, 0.5) is 27.0 Å². The van der Waals surface area contributed by atoms with E-state index in [-0.39, 0.29) is 53.8 Å². The van der Waals surface area contributed by atoms with Crippen molar-refractivity contribution < 1.29 is 48.0 Å². The fraction of sp³-hybridized carbons (Fsp3) is 0.467. The number of halogens is 3. The number of alkyl halides is 1. The number of aromatic nitrogens is 11. The fourth-order valence-corrected chi connectivity index (χ4v) is 9.84. The van der Waals surface area contributed by atoms with Gasteiger partial charge >= 0.3 is 12.2 Å². The highest BCUT2D eigenvalue weighted by atomic mass is 127. The number of aliphatic hydroxyl groups excluding tert-OH is 1. The number of amides is 4. The first-order valence-corrected chi connectivity index (χ1v) is 31.3. The van der Waals surface area contributed by atoms with Crippen LogP contribution >= 0.6 is 54.5 Å². The summed E-state index contributed by atoms with van der Waals surface area (Å²) < 4.78 is 35.0. The lowest BCUT2D eigenvalue weighted by atomic mass is 10.2. The summed E-state index contributed by atoms with van der Waals surface area (Å²) in [5, 5.41) is 44.8. The third kappa shape index (κ3) is 25.1. The van der Waals surface area contributed by atoms with Gasteiger partial charge in [-0.25, -0.2) is 58.3 Å². The van der Waals surface area contributed by atoms with Crippen molar-refractivity contribution in [1.82, 2.24) is 73.6 Å². The second-order valence-electron chi connectivity index (χ2n) is 21.6. The van der Waals surface area contributed by atoms with Gasteiger partial charge in [0.15, 0.2) is 17.5 Å². The number of carbonyl (C=O) groups is 4. The molecule has 4 amide bonds. The Balaban J connectivity index is 0.000000590. The molecule has 0 bridgehead atoms. The van der Waals surface area contributed by atoms with Crippen molar-refractivity contribution in [3.05, 3.63) is 116 Å². The van der Waals surface area contributed by atoms with Gasteiger partial charge in [0.25, 0.3) is 0 Å². The van der Waals surface area contributed by atoms with Gasteiger partial charge in [0.05, 0.1) is 55.4 Å². The molecule has 0 radical (unpaired) electrons. The second-order valence-corrected chi connectivity index (χ2v) is 23.3. The van der Waals surface area contributed by atoms with E-state index in [0.717, 1.165) is 62.2 Å². The number of hydrogen-bond acceptors (Lipinski definition) is 23. The first-order valence-electron chi connectivity index (χ1n) is 27.6. The van der Waals surface area contributed by atoms with Crippen LogP contribution in [0.5, 0.6) is 0 Å². The van der Waals surface area contributed by atoms with Gasteiger partial charge in [-0.15, -0.1) is 0 Å². The minimum Gasteiger partial charge on any atom is -0.443 e. The number of nitrogens with two attached hydrogens (primary N) is 3. The number of fused-ring (bicyclic) bond motifs is 3. The standard InChI is InChI=1S/C13H17BrN6O2.C13H18N6O2.C11H15N3O3.C10H12BrN3O2.C8H10N4O.CH3I.4CH4/c1-22-6-8-9(4-19-3-2-16-10(21)5-19)20-12(11(8)14)13(15)17-7-18-20;1-21-7-9-4-10-13(14)16-8-17-19(10)11(9)5-18-3-2-15-12(20)6-18;1-11(2,3)17-10(16)13-14-6-8(7-15)4-9(14)5-12;1-10(2,3)16-9(15)13-14-6-7(11)4-8(14)5-12;1-13-4-6-2-7-8(9)10-5-11-12(7)3-6;1-2;;;;/h7H,2-6H2,1H3,(H,16,21)(H2,15,17,18);4,8H,2-3,5-7H2,1H3,(H,15,20)(H2,14,16,17);4,6,15H,7H2,1-3H3,(H,13,16);4,6H,1-3H3,(H,13,15);2-3,5H,4H2,1H3,(H2,9,10,11);1H3;4*1H4. The van der Waals surface area contributed by atoms with Crippen LogP contribution in [0, 0.1) is 22.7 Å². The second kappa shape index (κ2) is 40.2. The van der Waals surface area contributed by atoms with Crippen molar-refractivity contribution in [1.29, 1.82) is 10.5 Å². The van der Waals surface area contributed by atoms with Crippen LogP contribution in [0.2, 0.25) is 0 Å². The Morgan fingerprint density at radius 2 is 1.14 bits per heavy atom. The maximum atomic E-state index is 11.6. The Labute approximate surface area is 584 Å². The smallest absolute Gasteiger partial charge is 0.426 e. The summed E-state index contributed by atoms with van der Waals surface area (Å²) in [6, 6.07) is 10.8. The van der Waals surface area contributed by atoms with Crippen LogP contribution in [-0.2, 0) is 72.8 Å². The molecule has 0 atom stereocenters. The molecule has 2 saturated heterocycles. The Morgan fingerprint density at radius 3 is 1.63 bits per heavy atom. The van der Waals surface area contributed by atoms with Crippen molar-refractivity contribution in [2.45, 2.75) is 122 Å². The SMILES string of the molecule is C.C.C.C.CC(C)(C)OC(=O)Nn1cc(Br)cc1C#N.CC(C)(C)OC(=O)Nn1cc(CO)cc1C#N.CI.COCc1c(Br)c2c(N)ncnn2c1CN1CCNC(=O)C1.COCc1cc2c(N)ncnn2c1.COCc1cc2c(N)ncnn2c1CN1CCNC(=O)C1. The summed E-state index contributed by atoms with van der Waals surface area (Å²) in [7, 11) is 4.94. The van der Waals surface area contributed by atoms with Gasteiger partial charge < -0.3 is 56.6 Å². The van der Waals surface area contributed by atoms with Crippen LogP contribution in [0.15, 0.2) is 70.8 Å². The van der Waals surface area contributed by atoms with Crippen molar-refractivity contribution in [3.63, 3.8) is 0 Å². The highest BCUT2D eigenvalue weighted by Crippen LogP contribution is 2.32. The molecular weight excluding hydrogens is 1480 g/mol. The van der Waals surface area contributed by atoms with E-state index < -0.39 is 23.4 Å².